The second-order valence-corrected chi connectivity index (χ2v) is 15.7. The Morgan fingerprint density at radius 2 is 0.574 bits per heavy atom. The number of phenols is 19. The Labute approximate surface area is 372 Å². The minimum atomic E-state index is -1.60. The lowest BCUT2D eigenvalue weighted by Gasteiger charge is -2.26. The van der Waals surface area contributed by atoms with Crippen LogP contribution >= 0.6 is 0 Å². The van der Waals surface area contributed by atoms with E-state index < -0.39 is 208 Å². The predicted molar refractivity (Wildman–Crippen MR) is 234 cm³/mol. The van der Waals surface area contributed by atoms with Gasteiger partial charge in [0.25, 0.3) is 0 Å². The SMILES string of the molecule is [B]c1c(O)c(O)c2c(O)c(O)c(O)c(O)c2c1-c1c2c([B])c(O)c(O)c(O)c2c(-c2c(O)c(O)c3oc4c(O)c(O)c5oc6c(C)c(O)c(O)c7ooc2c3c4c5c67)c2c(O)c(O)c(O)c(O)c12. The summed E-state index contributed by atoms with van der Waals surface area (Å²) in [6.07, 6.45) is 0. The first-order valence-corrected chi connectivity index (χ1v) is 19.0. The van der Waals surface area contributed by atoms with Crippen LogP contribution in [0.3, 0.4) is 0 Å². The molecule has 0 aliphatic rings. The van der Waals surface area contributed by atoms with Gasteiger partial charge in [-0.15, -0.1) is 0 Å². The molecule has 3 heterocycles. The van der Waals surface area contributed by atoms with E-state index in [2.05, 4.69) is 0 Å². The van der Waals surface area contributed by atoms with E-state index >= 15 is 0 Å². The minimum absolute atomic E-state index is 0.138. The van der Waals surface area contributed by atoms with E-state index in [1.807, 2.05) is 0 Å². The van der Waals surface area contributed by atoms with Crippen LogP contribution in [0.4, 0.5) is 0 Å². The third-order valence-electron chi connectivity index (χ3n) is 12.4. The normalized spacial score (nSPS) is 12.2. The summed E-state index contributed by atoms with van der Waals surface area (Å²) in [6.45, 7) is 1.29. The Morgan fingerprint density at radius 1 is 0.235 bits per heavy atom. The number of phenolic OH excluding ortho intramolecular Hbond substituents is 19. The number of rotatable bonds is 2. The van der Waals surface area contributed by atoms with Crippen LogP contribution in [0.15, 0.2) is 18.0 Å². The highest BCUT2D eigenvalue weighted by molar-refractivity contribution is 6.50. The highest BCUT2D eigenvalue weighted by Gasteiger charge is 2.39. The Kier molecular flexibility index (Phi) is 7.47. The van der Waals surface area contributed by atoms with Crippen LogP contribution in [0.1, 0.15) is 5.56 Å². The molecular weight excluding hydrogens is 906 g/mol. The zero-order valence-corrected chi connectivity index (χ0v) is 33.3. The quantitative estimate of drug-likeness (QED) is 0.0359. The number of aryl methyl sites for hydroxylation is 1. The summed E-state index contributed by atoms with van der Waals surface area (Å²) >= 11 is 0. The first-order valence-electron chi connectivity index (χ1n) is 19.0. The van der Waals surface area contributed by atoms with E-state index in [0.717, 1.165) is 0 Å². The van der Waals surface area contributed by atoms with Crippen molar-refractivity contribution in [1.82, 2.24) is 0 Å². The van der Waals surface area contributed by atoms with Gasteiger partial charge in [-0.3, -0.25) is 9.15 Å². The highest BCUT2D eigenvalue weighted by atomic mass is 17.0. The molecule has 3 aromatic heterocycles. The van der Waals surface area contributed by atoms with Crippen LogP contribution in [0, 0.1) is 6.92 Å². The topological polar surface area (TPSA) is 437 Å². The van der Waals surface area contributed by atoms with Crippen molar-refractivity contribution in [3.05, 3.63) is 5.56 Å². The Hall–Kier alpha value is -9.93. The molecular formula is C43H22B2O23. The fraction of sp³-hybridized carbons (Fsp3) is 0.0233. The summed E-state index contributed by atoms with van der Waals surface area (Å²) in [7, 11) is 12.8. The maximum atomic E-state index is 12.2. The van der Waals surface area contributed by atoms with Crippen molar-refractivity contribution in [2.24, 2.45) is 0 Å². The molecule has 19 N–H and O–H groups in total. The first-order chi connectivity index (χ1) is 32.0. The van der Waals surface area contributed by atoms with Crippen molar-refractivity contribution >= 4 is 114 Å². The molecule has 0 amide bonds. The molecule has 4 radical (unpaired) electrons. The molecule has 68 heavy (non-hydrogen) atoms. The van der Waals surface area contributed by atoms with Crippen LogP contribution in [0.25, 0.3) is 110 Å². The van der Waals surface area contributed by atoms with E-state index in [9.17, 15) is 97.0 Å². The number of aromatic hydroxyl groups is 19. The standard InChI is InChI=1S/C43H22B2O23/c1-2-19(46)34(61)43-15-11-12-16-39(67-68-43)14(26(53)35(62)42(16)66-41(12)37(64)36(63)40(11)65-38(2)15)4-7-5(18(45)28(55)29(56)20(7)47)3(8-9(4)22(49)31(58)30(57)21(8)48)6-10-13(24(51)27(54)17(6)44)25(52)33(60)32(59)23(10)50/h46-64H,1H3. The van der Waals surface area contributed by atoms with Crippen molar-refractivity contribution < 1.29 is 115 Å². The third-order valence-corrected chi connectivity index (χ3v) is 12.4. The third kappa shape index (κ3) is 4.29. The number of hydrogen-bond acceptors (Lipinski definition) is 23. The minimum Gasteiger partial charge on any atom is -0.505 e. The van der Waals surface area contributed by atoms with E-state index in [4.69, 9.17) is 33.7 Å². The van der Waals surface area contributed by atoms with E-state index in [0.29, 0.717) is 0 Å². The zero-order chi connectivity index (χ0) is 49.1. The fourth-order valence-corrected chi connectivity index (χ4v) is 9.30. The first kappa shape index (κ1) is 40.8. The van der Waals surface area contributed by atoms with Gasteiger partial charge in [-0.2, -0.15) is 0 Å². The molecule has 0 saturated heterocycles. The fourth-order valence-electron chi connectivity index (χ4n) is 9.30. The maximum absolute atomic E-state index is 12.2. The summed E-state index contributed by atoms with van der Waals surface area (Å²) in [4.78, 5) is 0. The lowest BCUT2D eigenvalue weighted by atomic mass is 9.74. The van der Waals surface area contributed by atoms with Gasteiger partial charge in [0.15, 0.2) is 80.0 Å². The largest absolute Gasteiger partial charge is 0.505 e. The monoisotopic (exact) mass is 928 g/mol. The summed E-state index contributed by atoms with van der Waals surface area (Å²) in [5.41, 5.74) is -10.6. The lowest BCUT2D eigenvalue weighted by Crippen LogP contribution is -2.14. The van der Waals surface area contributed by atoms with Crippen LogP contribution in [-0.4, -0.2) is 113 Å². The van der Waals surface area contributed by atoms with Crippen molar-refractivity contribution in [2.45, 2.75) is 6.92 Å². The van der Waals surface area contributed by atoms with Gasteiger partial charge in [0.1, 0.15) is 21.3 Å². The zero-order valence-electron chi connectivity index (χ0n) is 33.3. The average molecular weight is 928 g/mol. The van der Waals surface area contributed by atoms with Gasteiger partial charge in [0.05, 0.1) is 21.7 Å². The molecule has 0 spiro atoms. The Bertz CT molecular complexity index is 4200. The maximum Gasteiger partial charge on any atom is 0.235 e. The van der Waals surface area contributed by atoms with Gasteiger partial charge < -0.3 is 106 Å². The van der Waals surface area contributed by atoms with Crippen LogP contribution in [0.5, 0.6) is 109 Å². The van der Waals surface area contributed by atoms with Crippen LogP contribution < -0.4 is 10.9 Å². The van der Waals surface area contributed by atoms with Gasteiger partial charge in [0, 0.05) is 49.0 Å². The molecule has 0 saturated carbocycles. The lowest BCUT2D eigenvalue weighted by molar-refractivity contribution is 0.0893. The number of hydrogen-bond donors (Lipinski definition) is 19. The number of furan rings is 2. The van der Waals surface area contributed by atoms with Gasteiger partial charge in [-0.05, 0) is 28.8 Å². The van der Waals surface area contributed by atoms with Crippen LogP contribution in [0.2, 0.25) is 0 Å². The second kappa shape index (κ2) is 12.4. The van der Waals surface area contributed by atoms with Gasteiger partial charge in [-0.1, -0.05) is 0 Å². The summed E-state index contributed by atoms with van der Waals surface area (Å²) in [5.74, 6) is -26.1. The van der Waals surface area contributed by atoms with Gasteiger partial charge in [0.2, 0.25) is 57.2 Å². The molecule has 25 heteroatoms. The smallest absolute Gasteiger partial charge is 0.235 e. The molecule has 338 valence electrons. The van der Waals surface area contributed by atoms with Crippen LogP contribution in [-0.2, 0) is 0 Å². The average Bonchev–Trinajstić information content (AvgIpc) is 3.90. The number of fused-ring (bicyclic) bond motifs is 3. The molecule has 11 rings (SSSR count). The van der Waals surface area contributed by atoms with Crippen molar-refractivity contribution in [3.63, 3.8) is 0 Å². The van der Waals surface area contributed by atoms with Crippen molar-refractivity contribution in [2.75, 3.05) is 0 Å². The molecule has 0 aliphatic carbocycles. The Morgan fingerprint density at radius 3 is 1.10 bits per heavy atom. The number of benzene rings is 8. The highest BCUT2D eigenvalue weighted by Crippen LogP contribution is 2.65. The molecule has 23 nitrogen and oxygen atoms in total. The molecule has 0 fully saturated rings. The molecule has 0 unspecified atom stereocenters. The summed E-state index contributed by atoms with van der Waals surface area (Å²) < 4.78 is 23.1. The van der Waals surface area contributed by atoms with E-state index in [-0.39, 0.29) is 27.3 Å². The molecule has 8 aromatic carbocycles. The van der Waals surface area contributed by atoms with Gasteiger partial charge >= 0.3 is 0 Å². The molecule has 0 bridgehead atoms. The van der Waals surface area contributed by atoms with Gasteiger partial charge in [-0.25, -0.2) is 0 Å². The summed E-state index contributed by atoms with van der Waals surface area (Å²) in [5, 5.41) is 208. The predicted octanol–water partition coefficient (Wildman–Crippen LogP) is 4.92. The van der Waals surface area contributed by atoms with E-state index in [1.54, 1.807) is 0 Å². The summed E-state index contributed by atoms with van der Waals surface area (Å²) in [6, 6.07) is 0. The van der Waals surface area contributed by atoms with Crippen molar-refractivity contribution in [3.8, 4) is 131 Å². The molecule has 0 atom stereocenters. The molecule has 0 aliphatic heterocycles. The second-order valence-electron chi connectivity index (χ2n) is 15.7. The Balaban J connectivity index is 1.51. The van der Waals surface area contributed by atoms with E-state index in [1.165, 1.54) is 6.92 Å². The molecule has 11 aromatic rings. The van der Waals surface area contributed by atoms with Crippen molar-refractivity contribution in [1.29, 1.82) is 0 Å².